The zero-order valence-electron chi connectivity index (χ0n) is 14.2. The molecule has 4 nitrogen and oxygen atoms in total. The summed E-state index contributed by atoms with van der Waals surface area (Å²) in [5.74, 6) is 1.38. The molecule has 2 N–H and O–H groups in total. The van der Waals surface area contributed by atoms with Crippen molar-refractivity contribution in [3.8, 4) is 0 Å². The zero-order chi connectivity index (χ0) is 15.2. The number of nitrogens with zero attached hydrogens (tertiary/aromatic N) is 1. The number of thiazole rings is 1. The van der Waals surface area contributed by atoms with Crippen LogP contribution in [0.4, 0.5) is 0 Å². The molecular formula is C16H29Cl2N3OS. The first-order valence-corrected chi connectivity index (χ1v) is 8.78. The largest absolute Gasteiger partial charge is 0.356 e. The van der Waals surface area contributed by atoms with E-state index in [1.165, 1.54) is 17.7 Å². The lowest BCUT2D eigenvalue weighted by atomic mass is 9.84. The summed E-state index contributed by atoms with van der Waals surface area (Å²) in [5.41, 5.74) is 1.11. The second-order valence-corrected chi connectivity index (χ2v) is 7.40. The topological polar surface area (TPSA) is 54.0 Å². The third-order valence-electron chi connectivity index (χ3n) is 4.37. The van der Waals surface area contributed by atoms with Crippen molar-refractivity contribution in [2.75, 3.05) is 19.6 Å². The molecule has 0 spiro atoms. The highest BCUT2D eigenvalue weighted by molar-refractivity contribution is 7.11. The van der Waals surface area contributed by atoms with Gasteiger partial charge in [-0.2, -0.15) is 0 Å². The molecule has 1 aromatic heterocycles. The van der Waals surface area contributed by atoms with Gasteiger partial charge in [0.15, 0.2) is 0 Å². The molecule has 0 aromatic carbocycles. The maximum atomic E-state index is 12.0. The Morgan fingerprint density at radius 1 is 1.35 bits per heavy atom. The summed E-state index contributed by atoms with van der Waals surface area (Å²) in [7, 11) is 0. The number of rotatable bonds is 6. The van der Waals surface area contributed by atoms with Crippen LogP contribution >= 0.6 is 36.2 Å². The smallest absolute Gasteiger partial charge is 0.220 e. The number of aryl methyl sites for hydroxylation is 2. The standard InChI is InChI=1S/C16H27N3OS.2ClH/c1-11(14-4-7-17-8-5-14)10-16(20)18-9-6-15-12(2)19-13(3)21-15;;/h11,14,17H,4-10H2,1-3H3,(H,18,20);2*1H. The van der Waals surface area contributed by atoms with Crippen LogP contribution in [0.15, 0.2) is 0 Å². The van der Waals surface area contributed by atoms with Gasteiger partial charge < -0.3 is 10.6 Å². The molecule has 1 amide bonds. The Kier molecular flexibility index (Phi) is 11.1. The first-order chi connectivity index (χ1) is 10.1. The molecule has 0 bridgehead atoms. The number of amides is 1. The molecule has 1 atom stereocenters. The van der Waals surface area contributed by atoms with E-state index in [-0.39, 0.29) is 30.7 Å². The van der Waals surface area contributed by atoms with Crippen LogP contribution in [0, 0.1) is 25.7 Å². The minimum absolute atomic E-state index is 0. The second kappa shape index (κ2) is 11.2. The lowest BCUT2D eigenvalue weighted by molar-refractivity contribution is -0.122. The predicted molar refractivity (Wildman–Crippen MR) is 102 cm³/mol. The summed E-state index contributed by atoms with van der Waals surface area (Å²) in [6.45, 7) is 9.20. The maximum absolute atomic E-state index is 12.0. The molecule has 1 aliphatic rings. The van der Waals surface area contributed by atoms with Gasteiger partial charge in [0.1, 0.15) is 0 Å². The molecule has 2 rings (SSSR count). The fraction of sp³-hybridized carbons (Fsp3) is 0.750. The molecule has 1 saturated heterocycles. The lowest BCUT2D eigenvalue weighted by Crippen LogP contribution is -2.34. The summed E-state index contributed by atoms with van der Waals surface area (Å²) in [6, 6.07) is 0. The first kappa shape index (κ1) is 22.6. The highest BCUT2D eigenvalue weighted by Crippen LogP contribution is 2.24. The molecule has 1 aromatic rings. The van der Waals surface area contributed by atoms with Gasteiger partial charge in [0.25, 0.3) is 0 Å². The molecule has 2 heterocycles. The number of hydrogen-bond acceptors (Lipinski definition) is 4. The predicted octanol–water partition coefficient (Wildman–Crippen LogP) is 3.29. The van der Waals surface area contributed by atoms with E-state index in [0.717, 1.165) is 36.8 Å². The fourth-order valence-electron chi connectivity index (χ4n) is 3.07. The molecule has 0 radical (unpaired) electrons. The van der Waals surface area contributed by atoms with E-state index in [0.29, 0.717) is 18.3 Å². The van der Waals surface area contributed by atoms with E-state index < -0.39 is 0 Å². The van der Waals surface area contributed by atoms with Crippen LogP contribution in [0.2, 0.25) is 0 Å². The summed E-state index contributed by atoms with van der Waals surface area (Å²) < 4.78 is 0. The number of piperidine rings is 1. The lowest BCUT2D eigenvalue weighted by Gasteiger charge is -2.27. The van der Waals surface area contributed by atoms with Crippen molar-refractivity contribution in [3.05, 3.63) is 15.6 Å². The number of aromatic nitrogens is 1. The van der Waals surface area contributed by atoms with Crippen molar-refractivity contribution >= 4 is 42.1 Å². The molecule has 7 heteroatoms. The molecule has 0 saturated carbocycles. The van der Waals surface area contributed by atoms with Crippen molar-refractivity contribution in [1.29, 1.82) is 0 Å². The normalized spacial score (nSPS) is 16.1. The van der Waals surface area contributed by atoms with Crippen LogP contribution in [0.3, 0.4) is 0 Å². The van der Waals surface area contributed by atoms with Gasteiger partial charge >= 0.3 is 0 Å². The van der Waals surface area contributed by atoms with E-state index in [1.54, 1.807) is 11.3 Å². The quantitative estimate of drug-likeness (QED) is 0.794. The van der Waals surface area contributed by atoms with Gasteiger partial charge in [-0.05, 0) is 51.6 Å². The van der Waals surface area contributed by atoms with Crippen molar-refractivity contribution in [1.82, 2.24) is 15.6 Å². The second-order valence-electron chi connectivity index (χ2n) is 6.11. The molecule has 1 unspecified atom stereocenters. The third kappa shape index (κ3) is 7.38. The molecule has 1 fully saturated rings. The summed E-state index contributed by atoms with van der Waals surface area (Å²) >= 11 is 1.73. The molecular weight excluding hydrogens is 353 g/mol. The number of hydrogen-bond donors (Lipinski definition) is 2. The molecule has 0 aliphatic carbocycles. The Hall–Kier alpha value is -0.360. The van der Waals surface area contributed by atoms with Crippen molar-refractivity contribution in [2.24, 2.45) is 11.8 Å². The van der Waals surface area contributed by atoms with E-state index >= 15 is 0 Å². The van der Waals surface area contributed by atoms with Gasteiger partial charge in [0, 0.05) is 24.3 Å². The summed E-state index contributed by atoms with van der Waals surface area (Å²) in [6.07, 6.45) is 3.96. The van der Waals surface area contributed by atoms with Crippen molar-refractivity contribution < 1.29 is 4.79 Å². The van der Waals surface area contributed by atoms with Gasteiger partial charge in [-0.1, -0.05) is 6.92 Å². The third-order valence-corrected chi connectivity index (χ3v) is 5.50. The van der Waals surface area contributed by atoms with Crippen molar-refractivity contribution in [3.63, 3.8) is 0 Å². The summed E-state index contributed by atoms with van der Waals surface area (Å²) in [4.78, 5) is 17.7. The van der Waals surface area contributed by atoms with Crippen LogP contribution in [0.25, 0.3) is 0 Å². The average molecular weight is 382 g/mol. The number of halogens is 2. The maximum Gasteiger partial charge on any atom is 0.220 e. The zero-order valence-corrected chi connectivity index (χ0v) is 16.6. The monoisotopic (exact) mass is 381 g/mol. The Bertz CT molecular complexity index is 476. The van der Waals surface area contributed by atoms with Crippen LogP contribution in [0.5, 0.6) is 0 Å². The minimum atomic E-state index is 0. The van der Waals surface area contributed by atoms with E-state index in [2.05, 4.69) is 22.5 Å². The Labute approximate surface area is 156 Å². The van der Waals surface area contributed by atoms with Crippen LogP contribution in [-0.2, 0) is 11.2 Å². The first-order valence-electron chi connectivity index (χ1n) is 7.96. The van der Waals surface area contributed by atoms with E-state index in [4.69, 9.17) is 0 Å². The number of carbonyl (C=O) groups excluding carboxylic acids is 1. The SMILES string of the molecule is Cc1nc(C)c(CCNC(=O)CC(C)C2CCNCC2)s1.Cl.Cl. The van der Waals surface area contributed by atoms with Crippen LogP contribution in [-0.4, -0.2) is 30.5 Å². The Morgan fingerprint density at radius 3 is 2.57 bits per heavy atom. The molecule has 134 valence electrons. The van der Waals surface area contributed by atoms with Gasteiger partial charge in [-0.3, -0.25) is 4.79 Å². The Balaban J connectivity index is 0.00000242. The van der Waals surface area contributed by atoms with Crippen LogP contribution in [0.1, 0.15) is 41.8 Å². The van der Waals surface area contributed by atoms with Crippen LogP contribution < -0.4 is 10.6 Å². The average Bonchev–Trinajstić information content (AvgIpc) is 2.78. The van der Waals surface area contributed by atoms with Gasteiger partial charge in [-0.15, -0.1) is 36.2 Å². The van der Waals surface area contributed by atoms with Gasteiger partial charge in [0.2, 0.25) is 5.91 Å². The van der Waals surface area contributed by atoms with Gasteiger partial charge in [0.05, 0.1) is 10.7 Å². The number of nitrogens with one attached hydrogen (secondary N) is 2. The van der Waals surface area contributed by atoms with E-state index in [1.807, 2.05) is 13.8 Å². The minimum Gasteiger partial charge on any atom is -0.356 e. The highest BCUT2D eigenvalue weighted by atomic mass is 35.5. The van der Waals surface area contributed by atoms with E-state index in [9.17, 15) is 4.79 Å². The highest BCUT2D eigenvalue weighted by Gasteiger charge is 2.21. The fourth-order valence-corrected chi connectivity index (χ4v) is 4.00. The molecule has 23 heavy (non-hydrogen) atoms. The Morgan fingerprint density at radius 2 is 2.00 bits per heavy atom. The number of carbonyl (C=O) groups is 1. The van der Waals surface area contributed by atoms with Gasteiger partial charge in [-0.25, -0.2) is 4.98 Å². The van der Waals surface area contributed by atoms with Crippen molar-refractivity contribution in [2.45, 2.75) is 46.5 Å². The molecule has 1 aliphatic heterocycles. The summed E-state index contributed by atoms with van der Waals surface area (Å²) in [5, 5.41) is 7.54.